The largest absolute Gasteiger partial charge is 0.340 e. The van der Waals surface area contributed by atoms with E-state index in [1.165, 1.54) is 5.56 Å². The summed E-state index contributed by atoms with van der Waals surface area (Å²) in [7, 11) is 0. The number of nitrogens with zero attached hydrogens (tertiary/aromatic N) is 3. The number of carbonyl (C=O) groups excluding carboxylic acids is 1. The number of para-hydroxylation sites is 1. The Balaban J connectivity index is 1.85. The van der Waals surface area contributed by atoms with Crippen molar-refractivity contribution in [2.24, 2.45) is 0 Å². The number of anilines is 3. The van der Waals surface area contributed by atoms with Crippen molar-refractivity contribution in [1.29, 1.82) is 5.26 Å². The van der Waals surface area contributed by atoms with Crippen LogP contribution in [-0.2, 0) is 6.42 Å². The lowest BCUT2D eigenvalue weighted by atomic mass is 10.1. The number of rotatable bonds is 5. The molecule has 0 saturated carbocycles. The van der Waals surface area contributed by atoms with Crippen LogP contribution in [0.25, 0.3) is 0 Å². The maximum absolute atomic E-state index is 12.6. The molecule has 0 bridgehead atoms. The molecule has 2 N–H and O–H groups in total. The van der Waals surface area contributed by atoms with E-state index < -0.39 is 0 Å². The van der Waals surface area contributed by atoms with Crippen LogP contribution in [0.5, 0.6) is 0 Å². The molecule has 0 radical (unpaired) electrons. The number of nitriles is 1. The van der Waals surface area contributed by atoms with Gasteiger partial charge in [-0.25, -0.2) is 9.97 Å². The predicted octanol–water partition coefficient (Wildman–Crippen LogP) is 4.52. The van der Waals surface area contributed by atoms with E-state index in [1.807, 2.05) is 25.1 Å². The average molecular weight is 371 g/mol. The second kappa shape index (κ2) is 8.31. The van der Waals surface area contributed by atoms with E-state index in [0.29, 0.717) is 22.9 Å². The van der Waals surface area contributed by atoms with Crippen molar-refractivity contribution < 1.29 is 4.79 Å². The SMILES string of the molecule is CCc1cccc(C)c1Nc1cc(C(=O)Nc2ccc(C#N)cc2)nc(C)n1. The van der Waals surface area contributed by atoms with Crippen molar-refractivity contribution in [2.45, 2.75) is 27.2 Å². The molecule has 0 aliphatic heterocycles. The smallest absolute Gasteiger partial charge is 0.274 e. The number of nitrogens with one attached hydrogen (secondary N) is 2. The van der Waals surface area contributed by atoms with E-state index in [4.69, 9.17) is 5.26 Å². The first kappa shape index (κ1) is 19.1. The van der Waals surface area contributed by atoms with Crippen LogP contribution in [0.1, 0.15) is 39.9 Å². The Morgan fingerprint density at radius 2 is 1.86 bits per heavy atom. The second-order valence-electron chi connectivity index (χ2n) is 6.42. The molecule has 0 spiro atoms. The standard InChI is InChI=1S/C22H21N5O/c1-4-17-7-5-6-14(2)21(17)27-20-12-19(24-15(3)25-20)22(28)26-18-10-8-16(13-23)9-11-18/h5-12H,4H2,1-3H3,(H,26,28)(H,24,25,27). The lowest BCUT2D eigenvalue weighted by molar-refractivity contribution is 0.102. The van der Waals surface area contributed by atoms with Crippen molar-refractivity contribution in [3.63, 3.8) is 0 Å². The predicted molar refractivity (Wildman–Crippen MR) is 110 cm³/mol. The van der Waals surface area contributed by atoms with Gasteiger partial charge in [-0.15, -0.1) is 0 Å². The molecular formula is C22H21N5O. The quantitative estimate of drug-likeness (QED) is 0.688. The van der Waals surface area contributed by atoms with Gasteiger partial charge in [0.05, 0.1) is 11.6 Å². The Morgan fingerprint density at radius 1 is 1.11 bits per heavy atom. The highest BCUT2D eigenvalue weighted by Gasteiger charge is 2.13. The molecule has 2 aromatic carbocycles. The van der Waals surface area contributed by atoms with Gasteiger partial charge in [-0.1, -0.05) is 25.1 Å². The third-order valence-corrected chi connectivity index (χ3v) is 4.34. The van der Waals surface area contributed by atoms with Crippen molar-refractivity contribution in [3.05, 3.63) is 76.7 Å². The summed E-state index contributed by atoms with van der Waals surface area (Å²) >= 11 is 0. The zero-order chi connectivity index (χ0) is 20.1. The van der Waals surface area contributed by atoms with Crippen LogP contribution in [0, 0.1) is 25.2 Å². The van der Waals surface area contributed by atoms with Gasteiger partial charge in [-0.2, -0.15) is 5.26 Å². The fourth-order valence-corrected chi connectivity index (χ4v) is 2.90. The number of benzene rings is 2. The maximum atomic E-state index is 12.6. The van der Waals surface area contributed by atoms with E-state index in [-0.39, 0.29) is 11.6 Å². The minimum absolute atomic E-state index is 0.269. The van der Waals surface area contributed by atoms with Crippen molar-refractivity contribution in [1.82, 2.24) is 9.97 Å². The molecular weight excluding hydrogens is 350 g/mol. The van der Waals surface area contributed by atoms with Crippen LogP contribution in [0.3, 0.4) is 0 Å². The van der Waals surface area contributed by atoms with Crippen LogP contribution in [0.4, 0.5) is 17.2 Å². The van der Waals surface area contributed by atoms with Crippen LogP contribution in [0.15, 0.2) is 48.5 Å². The second-order valence-corrected chi connectivity index (χ2v) is 6.42. The van der Waals surface area contributed by atoms with E-state index in [0.717, 1.165) is 17.7 Å². The molecule has 1 heterocycles. The number of carbonyl (C=O) groups is 1. The summed E-state index contributed by atoms with van der Waals surface area (Å²) < 4.78 is 0. The zero-order valence-corrected chi connectivity index (χ0v) is 16.1. The van der Waals surface area contributed by atoms with Gasteiger partial charge < -0.3 is 10.6 Å². The Kier molecular flexibility index (Phi) is 5.66. The van der Waals surface area contributed by atoms with E-state index in [2.05, 4.69) is 33.6 Å². The van der Waals surface area contributed by atoms with Gasteiger partial charge in [-0.3, -0.25) is 4.79 Å². The minimum atomic E-state index is -0.334. The molecule has 140 valence electrons. The third-order valence-electron chi connectivity index (χ3n) is 4.34. The Labute approximate surface area is 164 Å². The van der Waals surface area contributed by atoms with Crippen LogP contribution >= 0.6 is 0 Å². The zero-order valence-electron chi connectivity index (χ0n) is 16.1. The molecule has 3 rings (SSSR count). The summed E-state index contributed by atoms with van der Waals surface area (Å²) in [6, 6.07) is 16.5. The molecule has 0 aliphatic carbocycles. The van der Waals surface area contributed by atoms with Gasteiger partial charge in [0.2, 0.25) is 0 Å². The lowest BCUT2D eigenvalue weighted by Crippen LogP contribution is -2.15. The average Bonchev–Trinajstić information content (AvgIpc) is 2.69. The molecule has 0 atom stereocenters. The first-order valence-corrected chi connectivity index (χ1v) is 9.03. The first-order valence-electron chi connectivity index (χ1n) is 9.03. The van der Waals surface area contributed by atoms with Gasteiger partial charge in [0.25, 0.3) is 5.91 Å². The molecule has 0 fully saturated rings. The molecule has 6 nitrogen and oxygen atoms in total. The summed E-state index contributed by atoms with van der Waals surface area (Å²) in [5.74, 6) is 0.738. The monoisotopic (exact) mass is 371 g/mol. The number of amides is 1. The molecule has 0 saturated heterocycles. The third kappa shape index (κ3) is 4.33. The molecule has 0 unspecified atom stereocenters. The van der Waals surface area contributed by atoms with Gasteiger partial charge >= 0.3 is 0 Å². The highest BCUT2D eigenvalue weighted by Crippen LogP contribution is 2.25. The summed E-state index contributed by atoms with van der Waals surface area (Å²) in [6.07, 6.45) is 0.889. The number of aryl methyl sites for hydroxylation is 3. The Bertz CT molecular complexity index is 1050. The summed E-state index contributed by atoms with van der Waals surface area (Å²) in [4.78, 5) is 21.3. The van der Waals surface area contributed by atoms with E-state index >= 15 is 0 Å². The van der Waals surface area contributed by atoms with Gasteiger partial charge in [-0.05, 0) is 55.7 Å². The van der Waals surface area contributed by atoms with Crippen LogP contribution < -0.4 is 10.6 Å². The Hall–Kier alpha value is -3.72. The number of aromatic nitrogens is 2. The molecule has 28 heavy (non-hydrogen) atoms. The van der Waals surface area contributed by atoms with Crippen LogP contribution in [-0.4, -0.2) is 15.9 Å². The Morgan fingerprint density at radius 3 is 2.54 bits per heavy atom. The molecule has 1 aromatic heterocycles. The minimum Gasteiger partial charge on any atom is -0.340 e. The first-order chi connectivity index (χ1) is 13.5. The van der Waals surface area contributed by atoms with Gasteiger partial charge in [0, 0.05) is 17.4 Å². The highest BCUT2D eigenvalue weighted by molar-refractivity contribution is 6.03. The fourth-order valence-electron chi connectivity index (χ4n) is 2.90. The van der Waals surface area contributed by atoms with Crippen molar-refractivity contribution >= 4 is 23.1 Å². The topological polar surface area (TPSA) is 90.7 Å². The summed E-state index contributed by atoms with van der Waals surface area (Å²) in [5, 5.41) is 15.0. The number of hydrogen-bond acceptors (Lipinski definition) is 5. The summed E-state index contributed by atoms with van der Waals surface area (Å²) in [5.41, 5.74) is 4.70. The van der Waals surface area contributed by atoms with E-state index in [9.17, 15) is 4.79 Å². The van der Waals surface area contributed by atoms with Crippen molar-refractivity contribution in [2.75, 3.05) is 10.6 Å². The highest BCUT2D eigenvalue weighted by atomic mass is 16.1. The molecule has 0 aliphatic rings. The van der Waals surface area contributed by atoms with Crippen LogP contribution in [0.2, 0.25) is 0 Å². The summed E-state index contributed by atoms with van der Waals surface area (Å²) in [6.45, 7) is 5.89. The van der Waals surface area contributed by atoms with Gasteiger partial charge in [0.15, 0.2) is 0 Å². The normalized spacial score (nSPS) is 10.2. The maximum Gasteiger partial charge on any atom is 0.274 e. The fraction of sp³-hybridized carbons (Fsp3) is 0.182. The van der Waals surface area contributed by atoms with Crippen molar-refractivity contribution in [3.8, 4) is 6.07 Å². The lowest BCUT2D eigenvalue weighted by Gasteiger charge is -2.14. The molecule has 6 heteroatoms. The number of hydrogen-bond donors (Lipinski definition) is 2. The molecule has 1 amide bonds. The molecule has 3 aromatic rings. The van der Waals surface area contributed by atoms with Gasteiger partial charge in [0.1, 0.15) is 17.3 Å². The van der Waals surface area contributed by atoms with E-state index in [1.54, 1.807) is 37.3 Å².